The first-order valence-corrected chi connectivity index (χ1v) is 5.57. The number of aromatic nitrogens is 4. The highest BCUT2D eigenvalue weighted by molar-refractivity contribution is 5.99. The molecular weight excluding hydrogens is 246 g/mol. The average Bonchev–Trinajstić information content (AvgIpc) is 2.82. The Morgan fingerprint density at radius 2 is 2.16 bits per heavy atom. The van der Waals surface area contributed by atoms with E-state index in [-0.39, 0.29) is 18.4 Å². The third-order valence-corrected chi connectivity index (χ3v) is 2.39. The van der Waals surface area contributed by atoms with E-state index in [1.165, 1.54) is 4.68 Å². The van der Waals surface area contributed by atoms with E-state index < -0.39 is 0 Å². The van der Waals surface area contributed by atoms with E-state index in [0.717, 1.165) is 5.56 Å². The van der Waals surface area contributed by atoms with Crippen LogP contribution in [0.25, 0.3) is 0 Å². The quantitative estimate of drug-likeness (QED) is 0.583. The van der Waals surface area contributed by atoms with Crippen molar-refractivity contribution < 1.29 is 4.79 Å². The number of carbonyl (C=O) groups excluding carboxylic acids is 1. The van der Waals surface area contributed by atoms with Gasteiger partial charge in [-0.1, -0.05) is 35.4 Å². The van der Waals surface area contributed by atoms with Gasteiger partial charge in [0.2, 0.25) is 5.95 Å². The summed E-state index contributed by atoms with van der Waals surface area (Å²) < 4.78 is 1.18. The number of rotatable bonds is 4. The predicted molar refractivity (Wildman–Crippen MR) is 69.0 cm³/mol. The van der Waals surface area contributed by atoms with Crippen molar-refractivity contribution in [3.63, 3.8) is 0 Å². The normalized spacial score (nSPS) is 11.3. The van der Waals surface area contributed by atoms with Crippen LogP contribution in [0.3, 0.4) is 0 Å². The van der Waals surface area contributed by atoms with Crippen LogP contribution < -0.4 is 11.2 Å². The molecule has 0 aliphatic carbocycles. The monoisotopic (exact) mass is 259 g/mol. The lowest BCUT2D eigenvalue weighted by Gasteiger charge is -2.03. The highest BCUT2D eigenvalue weighted by atomic mass is 16.2. The van der Waals surface area contributed by atoms with E-state index in [4.69, 9.17) is 5.73 Å². The summed E-state index contributed by atoms with van der Waals surface area (Å²) in [6.07, 6.45) is 0. The number of nitrogens with one attached hydrogen (secondary N) is 1. The van der Waals surface area contributed by atoms with Gasteiger partial charge >= 0.3 is 0 Å². The summed E-state index contributed by atoms with van der Waals surface area (Å²) in [5, 5.41) is 14.4. The van der Waals surface area contributed by atoms with Gasteiger partial charge in [-0.3, -0.25) is 4.79 Å². The molecule has 2 rings (SSSR count). The second-order valence-corrected chi connectivity index (χ2v) is 3.79. The topological polar surface area (TPSA) is 111 Å². The molecule has 8 heteroatoms. The Hall–Kier alpha value is -2.77. The van der Waals surface area contributed by atoms with Crippen molar-refractivity contribution in [3.8, 4) is 0 Å². The first-order valence-electron chi connectivity index (χ1n) is 5.57. The first-order chi connectivity index (χ1) is 9.16. The van der Waals surface area contributed by atoms with E-state index in [9.17, 15) is 4.79 Å². The zero-order valence-corrected chi connectivity index (χ0v) is 10.3. The number of benzene rings is 1. The van der Waals surface area contributed by atoms with E-state index in [1.54, 1.807) is 6.92 Å². The number of nitrogens with zero attached hydrogens (tertiary/aromatic N) is 5. The molecule has 8 nitrogen and oxygen atoms in total. The van der Waals surface area contributed by atoms with Crippen LogP contribution in [0.15, 0.2) is 35.4 Å². The molecule has 0 radical (unpaired) electrons. The number of nitrogens with two attached hydrogens (primary N) is 1. The van der Waals surface area contributed by atoms with Gasteiger partial charge in [0.05, 0.1) is 5.71 Å². The zero-order chi connectivity index (χ0) is 13.7. The molecule has 0 aliphatic heterocycles. The molecule has 0 atom stereocenters. The zero-order valence-electron chi connectivity index (χ0n) is 10.3. The van der Waals surface area contributed by atoms with Gasteiger partial charge in [0, 0.05) is 0 Å². The largest absolute Gasteiger partial charge is 0.367 e. The molecule has 3 N–H and O–H groups in total. The lowest BCUT2D eigenvalue weighted by Crippen LogP contribution is -2.25. The minimum absolute atomic E-state index is 0.0790. The maximum Gasteiger partial charge on any atom is 0.262 e. The van der Waals surface area contributed by atoms with E-state index in [1.807, 2.05) is 30.3 Å². The number of nitrogen functional groups attached to an aromatic ring is 1. The van der Waals surface area contributed by atoms with E-state index in [2.05, 4.69) is 26.1 Å². The van der Waals surface area contributed by atoms with Gasteiger partial charge in [-0.25, -0.2) is 10.1 Å². The molecule has 0 spiro atoms. The molecule has 0 saturated carbocycles. The minimum Gasteiger partial charge on any atom is -0.367 e. The molecule has 19 heavy (non-hydrogen) atoms. The molecular formula is C11H13N7O. The highest BCUT2D eigenvalue weighted by Crippen LogP contribution is 1.99. The van der Waals surface area contributed by atoms with Crippen LogP contribution >= 0.6 is 0 Å². The van der Waals surface area contributed by atoms with Crippen LogP contribution in [0.5, 0.6) is 0 Å². The number of hydrazone groups is 1. The third kappa shape index (κ3) is 3.35. The van der Waals surface area contributed by atoms with Gasteiger partial charge in [0.25, 0.3) is 5.91 Å². The lowest BCUT2D eigenvalue weighted by molar-refractivity contribution is -0.121. The molecule has 0 fully saturated rings. The van der Waals surface area contributed by atoms with Crippen molar-refractivity contribution in [2.45, 2.75) is 13.5 Å². The average molecular weight is 259 g/mol. The molecule has 1 heterocycles. The Morgan fingerprint density at radius 1 is 1.42 bits per heavy atom. The fourth-order valence-corrected chi connectivity index (χ4v) is 1.39. The molecule has 2 aromatic rings. The number of hydrogen-bond donors (Lipinski definition) is 2. The Kier molecular flexibility index (Phi) is 3.81. The first kappa shape index (κ1) is 12.7. The molecule has 98 valence electrons. The Bertz CT molecular complexity index is 590. The third-order valence-electron chi connectivity index (χ3n) is 2.39. The van der Waals surface area contributed by atoms with E-state index in [0.29, 0.717) is 5.71 Å². The standard InChI is InChI=1S/C11H13N7O/c1-8(9-5-3-2-4-6-9)13-14-10(19)7-18-11(12)15-16-17-18/h2-6H,7H2,1H3,(H,14,19)(H2,12,15,17)/b13-8+. The number of amides is 1. The SMILES string of the molecule is C/C(=N\NC(=O)Cn1nnnc1N)c1ccccc1. The smallest absolute Gasteiger partial charge is 0.262 e. The van der Waals surface area contributed by atoms with Gasteiger partial charge in [-0.15, -0.1) is 0 Å². The summed E-state index contributed by atoms with van der Waals surface area (Å²) in [4.78, 5) is 11.6. The molecule has 1 aromatic heterocycles. The fourth-order valence-electron chi connectivity index (χ4n) is 1.39. The fraction of sp³-hybridized carbons (Fsp3) is 0.182. The maximum absolute atomic E-state index is 11.6. The van der Waals surface area contributed by atoms with Gasteiger partial charge in [-0.05, 0) is 22.9 Å². The minimum atomic E-state index is -0.353. The van der Waals surface area contributed by atoms with Crippen molar-refractivity contribution in [2.75, 3.05) is 5.73 Å². The van der Waals surface area contributed by atoms with Crippen LogP contribution in [0.2, 0.25) is 0 Å². The van der Waals surface area contributed by atoms with E-state index >= 15 is 0 Å². The van der Waals surface area contributed by atoms with Gasteiger partial charge in [-0.2, -0.15) is 5.10 Å². The second kappa shape index (κ2) is 5.71. The summed E-state index contributed by atoms with van der Waals surface area (Å²) in [5.41, 5.74) is 9.51. The van der Waals surface area contributed by atoms with Gasteiger partial charge in [0.15, 0.2) is 0 Å². The molecule has 1 amide bonds. The van der Waals surface area contributed by atoms with Crippen molar-refractivity contribution in [3.05, 3.63) is 35.9 Å². The number of carbonyl (C=O) groups is 1. The van der Waals surface area contributed by atoms with Gasteiger partial charge in [0.1, 0.15) is 6.54 Å². The lowest BCUT2D eigenvalue weighted by atomic mass is 10.1. The maximum atomic E-state index is 11.6. The van der Waals surface area contributed by atoms with Crippen molar-refractivity contribution in [1.29, 1.82) is 0 Å². The van der Waals surface area contributed by atoms with Crippen LogP contribution in [-0.4, -0.2) is 31.8 Å². The molecule has 0 saturated heterocycles. The Balaban J connectivity index is 1.95. The van der Waals surface area contributed by atoms with Crippen LogP contribution in [0.4, 0.5) is 5.95 Å². The van der Waals surface area contributed by atoms with Crippen molar-refractivity contribution >= 4 is 17.6 Å². The van der Waals surface area contributed by atoms with Gasteiger partial charge < -0.3 is 5.73 Å². The van der Waals surface area contributed by atoms with Crippen LogP contribution in [-0.2, 0) is 11.3 Å². The number of anilines is 1. The number of tetrazole rings is 1. The van der Waals surface area contributed by atoms with Crippen LogP contribution in [0, 0.1) is 0 Å². The molecule has 0 unspecified atom stereocenters. The molecule has 1 aromatic carbocycles. The summed E-state index contributed by atoms with van der Waals surface area (Å²) >= 11 is 0. The second-order valence-electron chi connectivity index (χ2n) is 3.79. The van der Waals surface area contributed by atoms with Crippen LogP contribution in [0.1, 0.15) is 12.5 Å². The molecule has 0 aliphatic rings. The summed E-state index contributed by atoms with van der Waals surface area (Å²) in [6.45, 7) is 1.73. The van der Waals surface area contributed by atoms with Crippen molar-refractivity contribution in [2.24, 2.45) is 5.10 Å². The summed E-state index contributed by atoms with van der Waals surface area (Å²) in [7, 11) is 0. The highest BCUT2D eigenvalue weighted by Gasteiger charge is 2.07. The predicted octanol–water partition coefficient (Wildman–Crippen LogP) is -0.204. The number of hydrogen-bond acceptors (Lipinski definition) is 6. The summed E-state index contributed by atoms with van der Waals surface area (Å²) in [6, 6.07) is 9.53. The Morgan fingerprint density at radius 3 is 2.79 bits per heavy atom. The van der Waals surface area contributed by atoms with Crippen molar-refractivity contribution in [1.82, 2.24) is 25.6 Å². The molecule has 0 bridgehead atoms. The summed E-state index contributed by atoms with van der Waals surface area (Å²) in [5.74, 6) is -0.270. The Labute approximate surface area is 109 Å².